The number of aliphatic hydroxyl groups is 1. The molecule has 0 radical (unpaired) electrons. The Kier molecular flexibility index (Phi) is 6.91. The maximum absolute atomic E-state index is 11.0. The molecule has 28 heavy (non-hydrogen) atoms. The summed E-state index contributed by atoms with van der Waals surface area (Å²) in [5.74, 6) is -0.587. The highest BCUT2D eigenvalue weighted by atomic mass is 16.5. The standard InChI is InChI=1S/C21H24N4O3/c26-13-12-25(11-9-17-2-1-3-20-19(17)8-10-22-20)15-18-6-4-16(14-23-18)5-7-21(27)24-28/h1-8,10,14,22,26,28H,9,11-13,15H2,(H,24,27)/b7-5+. The molecule has 0 unspecified atom stereocenters. The van der Waals surface area contributed by atoms with Gasteiger partial charge in [0.25, 0.3) is 5.91 Å². The molecule has 4 N–H and O–H groups in total. The van der Waals surface area contributed by atoms with Crippen molar-refractivity contribution in [1.29, 1.82) is 0 Å². The van der Waals surface area contributed by atoms with Crippen LogP contribution in [0.2, 0.25) is 0 Å². The largest absolute Gasteiger partial charge is 0.395 e. The summed E-state index contributed by atoms with van der Waals surface area (Å²) in [6, 6.07) is 12.1. The van der Waals surface area contributed by atoms with E-state index in [4.69, 9.17) is 5.21 Å². The molecular formula is C21H24N4O3. The molecule has 0 atom stereocenters. The van der Waals surface area contributed by atoms with Gasteiger partial charge in [0.15, 0.2) is 0 Å². The van der Waals surface area contributed by atoms with Gasteiger partial charge in [-0.1, -0.05) is 18.2 Å². The number of benzene rings is 1. The van der Waals surface area contributed by atoms with Gasteiger partial charge >= 0.3 is 0 Å². The van der Waals surface area contributed by atoms with Gasteiger partial charge in [-0.25, -0.2) is 5.48 Å². The molecule has 7 heteroatoms. The van der Waals surface area contributed by atoms with Crippen molar-refractivity contribution in [2.45, 2.75) is 13.0 Å². The number of hydrogen-bond acceptors (Lipinski definition) is 5. The molecule has 0 aliphatic heterocycles. The predicted molar refractivity (Wildman–Crippen MR) is 108 cm³/mol. The highest BCUT2D eigenvalue weighted by molar-refractivity contribution is 5.90. The summed E-state index contributed by atoms with van der Waals surface area (Å²) in [5, 5.41) is 19.1. The number of rotatable bonds is 9. The van der Waals surface area contributed by atoms with Crippen molar-refractivity contribution in [3.63, 3.8) is 0 Å². The number of fused-ring (bicyclic) bond motifs is 1. The second-order valence-corrected chi connectivity index (χ2v) is 6.50. The minimum atomic E-state index is -0.587. The van der Waals surface area contributed by atoms with Crippen molar-refractivity contribution in [1.82, 2.24) is 20.3 Å². The molecule has 2 aromatic heterocycles. The van der Waals surface area contributed by atoms with E-state index in [2.05, 4.69) is 39.1 Å². The number of hydrogen-bond donors (Lipinski definition) is 4. The summed E-state index contributed by atoms with van der Waals surface area (Å²) in [6.45, 7) is 2.10. The number of pyridine rings is 1. The Balaban J connectivity index is 1.62. The van der Waals surface area contributed by atoms with E-state index in [1.165, 1.54) is 17.0 Å². The molecular weight excluding hydrogens is 356 g/mol. The summed E-state index contributed by atoms with van der Waals surface area (Å²) < 4.78 is 0. The molecule has 7 nitrogen and oxygen atoms in total. The van der Waals surface area contributed by atoms with Crippen molar-refractivity contribution in [2.24, 2.45) is 0 Å². The van der Waals surface area contributed by atoms with E-state index in [9.17, 15) is 9.90 Å². The average Bonchev–Trinajstić information content (AvgIpc) is 3.21. The van der Waals surface area contributed by atoms with E-state index in [0.29, 0.717) is 13.1 Å². The normalized spacial score (nSPS) is 11.5. The molecule has 3 aromatic rings. The minimum absolute atomic E-state index is 0.0887. The first-order valence-corrected chi connectivity index (χ1v) is 9.15. The van der Waals surface area contributed by atoms with E-state index in [1.807, 2.05) is 18.3 Å². The zero-order chi connectivity index (χ0) is 19.8. The van der Waals surface area contributed by atoms with Crippen molar-refractivity contribution in [3.05, 3.63) is 71.7 Å². The third-order valence-corrected chi connectivity index (χ3v) is 4.57. The molecule has 1 amide bonds. The smallest absolute Gasteiger partial charge is 0.267 e. The first-order chi connectivity index (χ1) is 13.7. The van der Waals surface area contributed by atoms with E-state index in [1.54, 1.807) is 17.8 Å². The van der Waals surface area contributed by atoms with Crippen LogP contribution in [0.15, 0.2) is 54.9 Å². The highest BCUT2D eigenvalue weighted by Crippen LogP contribution is 2.18. The molecule has 0 spiro atoms. The Morgan fingerprint density at radius 3 is 2.86 bits per heavy atom. The van der Waals surface area contributed by atoms with Gasteiger partial charge in [0, 0.05) is 49.0 Å². The van der Waals surface area contributed by atoms with E-state index in [0.717, 1.165) is 29.7 Å². The van der Waals surface area contributed by atoms with Crippen LogP contribution in [0.5, 0.6) is 0 Å². The van der Waals surface area contributed by atoms with Gasteiger partial charge < -0.3 is 10.1 Å². The molecule has 3 rings (SSSR count). The first-order valence-electron chi connectivity index (χ1n) is 9.15. The van der Waals surface area contributed by atoms with E-state index < -0.39 is 5.91 Å². The fourth-order valence-electron chi connectivity index (χ4n) is 3.12. The van der Waals surface area contributed by atoms with Gasteiger partial charge in [0.05, 0.1) is 12.3 Å². The molecule has 0 saturated carbocycles. The minimum Gasteiger partial charge on any atom is -0.395 e. The number of carbonyl (C=O) groups is 1. The number of hydroxylamine groups is 1. The van der Waals surface area contributed by atoms with Crippen LogP contribution in [0.3, 0.4) is 0 Å². The Labute approximate surface area is 163 Å². The zero-order valence-electron chi connectivity index (χ0n) is 15.5. The number of nitrogens with zero attached hydrogens (tertiary/aromatic N) is 2. The summed E-state index contributed by atoms with van der Waals surface area (Å²) in [4.78, 5) is 20.8. The summed E-state index contributed by atoms with van der Waals surface area (Å²) >= 11 is 0. The van der Waals surface area contributed by atoms with Gasteiger partial charge in [0.2, 0.25) is 0 Å². The third-order valence-electron chi connectivity index (χ3n) is 4.57. The lowest BCUT2D eigenvalue weighted by Crippen LogP contribution is -2.29. The maximum Gasteiger partial charge on any atom is 0.267 e. The molecule has 0 bridgehead atoms. The lowest BCUT2D eigenvalue weighted by molar-refractivity contribution is -0.124. The van der Waals surface area contributed by atoms with Gasteiger partial charge in [0.1, 0.15) is 0 Å². The lowest BCUT2D eigenvalue weighted by Gasteiger charge is -2.21. The fourth-order valence-corrected chi connectivity index (χ4v) is 3.12. The second kappa shape index (κ2) is 9.80. The van der Waals surface area contributed by atoms with Gasteiger partial charge in [-0.05, 0) is 41.8 Å². The van der Waals surface area contributed by atoms with Gasteiger partial charge in [-0.15, -0.1) is 0 Å². The maximum atomic E-state index is 11.0. The Morgan fingerprint density at radius 2 is 2.11 bits per heavy atom. The van der Waals surface area contributed by atoms with Crippen molar-refractivity contribution >= 4 is 22.9 Å². The molecule has 1 aromatic carbocycles. The second-order valence-electron chi connectivity index (χ2n) is 6.50. The third kappa shape index (κ3) is 5.26. The van der Waals surface area contributed by atoms with Crippen LogP contribution in [0.4, 0.5) is 0 Å². The number of aromatic amines is 1. The summed E-state index contributed by atoms with van der Waals surface area (Å²) in [6.07, 6.45) is 7.31. The van der Waals surface area contributed by atoms with Crippen molar-refractivity contribution in [3.8, 4) is 0 Å². The zero-order valence-corrected chi connectivity index (χ0v) is 15.5. The number of nitrogens with one attached hydrogen (secondary N) is 2. The molecule has 0 fully saturated rings. The number of amides is 1. The Bertz CT molecular complexity index is 934. The first kappa shape index (κ1) is 19.8. The van der Waals surface area contributed by atoms with E-state index in [-0.39, 0.29) is 6.61 Å². The SMILES string of the molecule is O=C(/C=C/c1ccc(CN(CCO)CCc2cccc3[nH]ccc23)nc1)NO. The lowest BCUT2D eigenvalue weighted by atomic mass is 10.1. The fraction of sp³-hybridized carbons (Fsp3) is 0.238. The number of aromatic nitrogens is 2. The van der Waals surface area contributed by atoms with Gasteiger partial charge in [-0.3, -0.25) is 19.9 Å². The van der Waals surface area contributed by atoms with Crippen LogP contribution in [0, 0.1) is 0 Å². The van der Waals surface area contributed by atoms with Crippen molar-refractivity contribution < 1.29 is 15.1 Å². The highest BCUT2D eigenvalue weighted by Gasteiger charge is 2.09. The number of H-pyrrole nitrogens is 1. The average molecular weight is 380 g/mol. The molecule has 146 valence electrons. The number of carbonyl (C=O) groups excluding carboxylic acids is 1. The quantitative estimate of drug-likeness (QED) is 0.259. The molecule has 0 aliphatic rings. The van der Waals surface area contributed by atoms with Crippen LogP contribution in [0.25, 0.3) is 17.0 Å². The van der Waals surface area contributed by atoms with Crippen LogP contribution in [-0.4, -0.2) is 50.8 Å². The van der Waals surface area contributed by atoms with Crippen molar-refractivity contribution in [2.75, 3.05) is 19.7 Å². The Hall–Kier alpha value is -3.00. The molecule has 0 saturated heterocycles. The topological polar surface area (TPSA) is 101 Å². The summed E-state index contributed by atoms with van der Waals surface area (Å²) in [7, 11) is 0. The van der Waals surface area contributed by atoms with Crippen LogP contribution < -0.4 is 5.48 Å². The van der Waals surface area contributed by atoms with Crippen LogP contribution in [0.1, 0.15) is 16.8 Å². The predicted octanol–water partition coefficient (Wildman–Crippen LogP) is 2.12. The Morgan fingerprint density at radius 1 is 1.21 bits per heavy atom. The van der Waals surface area contributed by atoms with Crippen LogP contribution >= 0.6 is 0 Å². The monoisotopic (exact) mass is 380 g/mol. The van der Waals surface area contributed by atoms with E-state index >= 15 is 0 Å². The summed E-state index contributed by atoms with van der Waals surface area (Å²) in [5.41, 5.74) is 5.60. The molecule has 0 aliphatic carbocycles. The van der Waals surface area contributed by atoms with Crippen LogP contribution in [-0.2, 0) is 17.8 Å². The number of aliphatic hydroxyl groups excluding tert-OH is 1. The van der Waals surface area contributed by atoms with Gasteiger partial charge in [-0.2, -0.15) is 0 Å². The molecule has 2 heterocycles.